The summed E-state index contributed by atoms with van der Waals surface area (Å²) in [4.78, 5) is 17.4. The van der Waals surface area contributed by atoms with Crippen molar-refractivity contribution in [2.75, 3.05) is 6.79 Å². The lowest BCUT2D eigenvalue weighted by Crippen LogP contribution is -2.31. The summed E-state index contributed by atoms with van der Waals surface area (Å²) in [5, 5.41) is 8.82. The Bertz CT molecular complexity index is 1240. The number of pyridine rings is 1. The fourth-order valence-electron chi connectivity index (χ4n) is 3.92. The fourth-order valence-corrected chi connectivity index (χ4v) is 3.92. The van der Waals surface area contributed by atoms with Crippen LogP contribution >= 0.6 is 0 Å². The van der Waals surface area contributed by atoms with Gasteiger partial charge in [0.05, 0.1) is 18.2 Å². The molecule has 0 aliphatic carbocycles. The van der Waals surface area contributed by atoms with Crippen molar-refractivity contribution in [1.82, 2.24) is 20.1 Å². The monoisotopic (exact) mass is 414 g/mol. The smallest absolute Gasteiger partial charge is 0.231 e. The van der Waals surface area contributed by atoms with Crippen LogP contribution in [0.15, 0.2) is 66.9 Å². The van der Waals surface area contributed by atoms with Crippen molar-refractivity contribution in [3.05, 3.63) is 83.7 Å². The van der Waals surface area contributed by atoms with Crippen molar-refractivity contribution in [1.29, 1.82) is 0 Å². The van der Waals surface area contributed by atoms with E-state index in [0.717, 1.165) is 27.9 Å². The van der Waals surface area contributed by atoms with Gasteiger partial charge in [0, 0.05) is 18.6 Å². The highest BCUT2D eigenvalue weighted by atomic mass is 16.7. The summed E-state index contributed by atoms with van der Waals surface area (Å²) in [5.41, 5.74) is 3.60. The number of aryl methyl sites for hydroxylation is 1. The van der Waals surface area contributed by atoms with Gasteiger partial charge in [0.2, 0.25) is 12.7 Å². The maximum absolute atomic E-state index is 13.0. The highest BCUT2D eigenvalue weighted by Crippen LogP contribution is 2.32. The zero-order valence-electron chi connectivity index (χ0n) is 17.1. The first-order valence-electron chi connectivity index (χ1n) is 10.2. The van der Waals surface area contributed by atoms with Crippen LogP contribution in [0, 0.1) is 0 Å². The number of nitrogens with one attached hydrogen (secondary N) is 1. The minimum absolute atomic E-state index is 0.0810. The first-order chi connectivity index (χ1) is 15.2. The Morgan fingerprint density at radius 1 is 1.06 bits per heavy atom. The van der Waals surface area contributed by atoms with Crippen LogP contribution in [0.5, 0.6) is 11.5 Å². The normalized spacial score (nSPS) is 13.3. The summed E-state index contributed by atoms with van der Waals surface area (Å²) in [6.45, 7) is 0.213. The molecule has 3 heterocycles. The van der Waals surface area contributed by atoms with E-state index in [1.54, 1.807) is 10.9 Å². The molecule has 0 radical (unpaired) electrons. The van der Waals surface area contributed by atoms with Gasteiger partial charge in [-0.25, -0.2) is 4.98 Å². The summed E-state index contributed by atoms with van der Waals surface area (Å²) in [7, 11) is 1.87. The van der Waals surface area contributed by atoms with E-state index < -0.39 is 0 Å². The predicted octanol–water partition coefficient (Wildman–Crippen LogP) is 3.34. The lowest BCUT2D eigenvalue weighted by Gasteiger charge is -2.18. The summed E-state index contributed by atoms with van der Waals surface area (Å²) >= 11 is 0. The largest absolute Gasteiger partial charge is 0.454 e. The molecule has 2 aromatic heterocycles. The average Bonchev–Trinajstić information content (AvgIpc) is 3.38. The number of nitrogens with zero attached hydrogens (tertiary/aromatic N) is 3. The SMILES string of the molecule is Cn1nc([C@@H](Cc2ccccc2)NC(=O)Cc2ccc3c(c2)OCO3)c2cccnc21. The summed E-state index contributed by atoms with van der Waals surface area (Å²) in [5.74, 6) is 1.30. The number of ether oxygens (including phenoxy) is 2. The highest BCUT2D eigenvalue weighted by molar-refractivity contribution is 5.82. The van der Waals surface area contributed by atoms with Gasteiger partial charge in [-0.05, 0) is 41.8 Å². The molecule has 156 valence electrons. The van der Waals surface area contributed by atoms with Crippen molar-refractivity contribution >= 4 is 16.9 Å². The van der Waals surface area contributed by atoms with Crippen LogP contribution in [0.3, 0.4) is 0 Å². The zero-order chi connectivity index (χ0) is 21.2. The molecule has 1 atom stereocenters. The van der Waals surface area contributed by atoms with Gasteiger partial charge < -0.3 is 14.8 Å². The fraction of sp³-hybridized carbons (Fsp3) is 0.208. The van der Waals surface area contributed by atoms with Crippen LogP contribution in [0.1, 0.15) is 22.9 Å². The minimum atomic E-state index is -0.281. The van der Waals surface area contributed by atoms with Crippen molar-refractivity contribution < 1.29 is 14.3 Å². The zero-order valence-corrected chi connectivity index (χ0v) is 17.1. The van der Waals surface area contributed by atoms with E-state index in [1.165, 1.54) is 0 Å². The Morgan fingerprint density at radius 3 is 2.77 bits per heavy atom. The molecule has 5 rings (SSSR count). The maximum atomic E-state index is 13.0. The number of amides is 1. The number of benzene rings is 2. The summed E-state index contributed by atoms with van der Waals surface area (Å²) < 4.78 is 12.5. The molecule has 0 spiro atoms. The molecule has 7 nitrogen and oxygen atoms in total. The molecular formula is C24H22N4O3. The average molecular weight is 414 g/mol. The molecule has 4 aromatic rings. The lowest BCUT2D eigenvalue weighted by atomic mass is 10.0. The van der Waals surface area contributed by atoms with Crippen molar-refractivity contribution in [2.24, 2.45) is 7.05 Å². The van der Waals surface area contributed by atoms with E-state index in [1.807, 2.05) is 55.6 Å². The van der Waals surface area contributed by atoms with Crippen molar-refractivity contribution in [3.8, 4) is 11.5 Å². The van der Waals surface area contributed by atoms with Crippen LogP contribution < -0.4 is 14.8 Å². The van der Waals surface area contributed by atoms with Crippen LogP contribution in [0.2, 0.25) is 0 Å². The standard InChI is InChI=1S/C24H22N4O3/c1-28-24-18(8-5-11-25-24)23(27-28)19(12-16-6-3-2-4-7-16)26-22(29)14-17-9-10-20-21(13-17)31-15-30-20/h2-11,13,19H,12,14-15H2,1H3,(H,26,29)/t19-/m1/s1. The second kappa shape index (κ2) is 8.10. The molecule has 1 aliphatic rings. The Labute approximate surface area is 179 Å². The third kappa shape index (κ3) is 3.94. The molecule has 2 aromatic carbocycles. The number of aromatic nitrogens is 3. The predicted molar refractivity (Wildman–Crippen MR) is 116 cm³/mol. The van der Waals surface area contributed by atoms with Gasteiger partial charge >= 0.3 is 0 Å². The van der Waals surface area contributed by atoms with Crippen LogP contribution in [-0.4, -0.2) is 27.5 Å². The van der Waals surface area contributed by atoms with E-state index in [0.29, 0.717) is 17.9 Å². The van der Waals surface area contributed by atoms with Gasteiger partial charge in [0.15, 0.2) is 17.1 Å². The molecule has 0 fully saturated rings. The molecule has 0 bridgehead atoms. The second-order valence-corrected chi connectivity index (χ2v) is 7.56. The lowest BCUT2D eigenvalue weighted by molar-refractivity contribution is -0.121. The number of carbonyl (C=O) groups excluding carboxylic acids is 1. The molecule has 0 unspecified atom stereocenters. The number of rotatable bonds is 6. The molecule has 1 aliphatic heterocycles. The Balaban J connectivity index is 1.42. The van der Waals surface area contributed by atoms with Gasteiger partial charge in [0.1, 0.15) is 0 Å². The molecule has 0 saturated carbocycles. The van der Waals surface area contributed by atoms with E-state index >= 15 is 0 Å². The molecule has 1 N–H and O–H groups in total. The van der Waals surface area contributed by atoms with Crippen molar-refractivity contribution in [3.63, 3.8) is 0 Å². The molecule has 1 amide bonds. The molecular weight excluding hydrogens is 392 g/mol. The van der Waals surface area contributed by atoms with Gasteiger partial charge in [-0.15, -0.1) is 0 Å². The van der Waals surface area contributed by atoms with Crippen LogP contribution in [0.25, 0.3) is 11.0 Å². The quantitative estimate of drug-likeness (QED) is 0.524. The number of hydrogen-bond donors (Lipinski definition) is 1. The Kier molecular flexibility index (Phi) is 5.00. The third-order valence-corrected chi connectivity index (χ3v) is 5.38. The second-order valence-electron chi connectivity index (χ2n) is 7.56. The summed E-state index contributed by atoms with van der Waals surface area (Å²) in [6, 6.07) is 19.3. The van der Waals surface area contributed by atoms with Gasteiger partial charge in [0.25, 0.3) is 0 Å². The number of hydrogen-bond acceptors (Lipinski definition) is 5. The van der Waals surface area contributed by atoms with Gasteiger partial charge in [-0.1, -0.05) is 36.4 Å². The first kappa shape index (κ1) is 19.1. The van der Waals surface area contributed by atoms with E-state index in [9.17, 15) is 4.79 Å². The topological polar surface area (TPSA) is 78.3 Å². The first-order valence-corrected chi connectivity index (χ1v) is 10.2. The van der Waals surface area contributed by atoms with Gasteiger partial charge in [-0.2, -0.15) is 5.10 Å². The van der Waals surface area contributed by atoms with Gasteiger partial charge in [-0.3, -0.25) is 9.48 Å². The molecule has 31 heavy (non-hydrogen) atoms. The van der Waals surface area contributed by atoms with E-state index in [2.05, 4.69) is 22.4 Å². The van der Waals surface area contributed by atoms with Crippen LogP contribution in [-0.2, 0) is 24.7 Å². The summed E-state index contributed by atoms with van der Waals surface area (Å²) in [6.07, 6.45) is 2.62. The van der Waals surface area contributed by atoms with Crippen LogP contribution in [0.4, 0.5) is 0 Å². The van der Waals surface area contributed by atoms with E-state index in [-0.39, 0.29) is 25.2 Å². The molecule has 0 saturated heterocycles. The number of carbonyl (C=O) groups is 1. The third-order valence-electron chi connectivity index (χ3n) is 5.38. The minimum Gasteiger partial charge on any atom is -0.454 e. The number of fused-ring (bicyclic) bond motifs is 2. The maximum Gasteiger partial charge on any atom is 0.231 e. The molecule has 7 heteroatoms. The van der Waals surface area contributed by atoms with Crippen molar-refractivity contribution in [2.45, 2.75) is 18.9 Å². The Morgan fingerprint density at radius 2 is 1.90 bits per heavy atom. The highest BCUT2D eigenvalue weighted by Gasteiger charge is 2.23. The van der Waals surface area contributed by atoms with E-state index in [4.69, 9.17) is 14.6 Å². The Hall–Kier alpha value is -3.87.